The first-order valence-electron chi connectivity index (χ1n) is 5.48. The number of rotatable bonds is 5. The van der Waals surface area contributed by atoms with Crippen LogP contribution in [0.15, 0.2) is 33.3 Å². The first-order chi connectivity index (χ1) is 8.29. The highest BCUT2D eigenvalue weighted by atomic mass is 79.9. The van der Waals surface area contributed by atoms with E-state index in [2.05, 4.69) is 33.0 Å². The molecule has 0 aliphatic heterocycles. The van der Waals surface area contributed by atoms with Crippen molar-refractivity contribution >= 4 is 15.9 Å². The van der Waals surface area contributed by atoms with Crippen molar-refractivity contribution in [2.45, 2.75) is 26.4 Å². The molecule has 1 aromatic carbocycles. The van der Waals surface area contributed by atoms with E-state index in [0.29, 0.717) is 12.5 Å². The van der Waals surface area contributed by atoms with Gasteiger partial charge < -0.3 is 9.26 Å². The number of aromatic nitrogens is 2. The summed E-state index contributed by atoms with van der Waals surface area (Å²) in [5.41, 5.74) is 0. The average molecular weight is 297 g/mol. The van der Waals surface area contributed by atoms with Crippen molar-refractivity contribution in [3.05, 3.63) is 40.5 Å². The van der Waals surface area contributed by atoms with Crippen molar-refractivity contribution in [1.82, 2.24) is 10.1 Å². The summed E-state index contributed by atoms with van der Waals surface area (Å²) in [5.74, 6) is 2.00. The van der Waals surface area contributed by atoms with Crippen LogP contribution in [0.2, 0.25) is 0 Å². The standard InChI is InChI=1S/C12H13BrN2O2/c1-2-5-11-14-12(17-15-11)8-16-10-7-4-3-6-9(10)13/h3-4,6-7H,2,5,8H2,1H3. The van der Waals surface area contributed by atoms with Gasteiger partial charge in [-0.05, 0) is 34.5 Å². The zero-order valence-corrected chi connectivity index (χ0v) is 11.1. The lowest BCUT2D eigenvalue weighted by atomic mass is 10.3. The highest BCUT2D eigenvalue weighted by Gasteiger charge is 2.07. The van der Waals surface area contributed by atoms with Gasteiger partial charge in [0, 0.05) is 6.42 Å². The molecular formula is C12H13BrN2O2. The van der Waals surface area contributed by atoms with E-state index in [4.69, 9.17) is 9.26 Å². The van der Waals surface area contributed by atoms with Crippen molar-refractivity contribution in [2.75, 3.05) is 0 Å². The van der Waals surface area contributed by atoms with Crippen LogP contribution in [0.4, 0.5) is 0 Å². The van der Waals surface area contributed by atoms with Crippen LogP contribution in [0.1, 0.15) is 25.1 Å². The zero-order valence-electron chi connectivity index (χ0n) is 9.52. The maximum absolute atomic E-state index is 5.57. The van der Waals surface area contributed by atoms with Crippen molar-refractivity contribution in [3.8, 4) is 5.75 Å². The van der Waals surface area contributed by atoms with E-state index in [-0.39, 0.29) is 0 Å². The number of benzene rings is 1. The molecule has 0 saturated carbocycles. The third kappa shape index (κ3) is 3.30. The van der Waals surface area contributed by atoms with Gasteiger partial charge in [-0.3, -0.25) is 0 Å². The third-order valence-electron chi connectivity index (χ3n) is 2.17. The Bertz CT molecular complexity index is 485. The number of halogens is 1. The zero-order chi connectivity index (χ0) is 12.1. The van der Waals surface area contributed by atoms with Gasteiger partial charge >= 0.3 is 0 Å². The van der Waals surface area contributed by atoms with Gasteiger partial charge in [0.05, 0.1) is 4.47 Å². The van der Waals surface area contributed by atoms with Crippen LogP contribution in [-0.2, 0) is 13.0 Å². The molecule has 2 aromatic rings. The largest absolute Gasteiger partial charge is 0.483 e. The fraction of sp³-hybridized carbons (Fsp3) is 0.333. The molecule has 5 heteroatoms. The Morgan fingerprint density at radius 1 is 1.35 bits per heavy atom. The van der Waals surface area contributed by atoms with E-state index in [1.54, 1.807) is 0 Å². The number of hydrogen-bond donors (Lipinski definition) is 0. The molecule has 0 fully saturated rings. The minimum Gasteiger partial charge on any atom is -0.483 e. The van der Waals surface area contributed by atoms with Gasteiger partial charge in [0.15, 0.2) is 12.4 Å². The van der Waals surface area contributed by atoms with E-state index >= 15 is 0 Å². The molecule has 4 nitrogen and oxygen atoms in total. The Labute approximate surface area is 108 Å². The molecule has 0 radical (unpaired) electrons. The average Bonchev–Trinajstić information content (AvgIpc) is 2.76. The Balaban J connectivity index is 1.95. The van der Waals surface area contributed by atoms with E-state index in [9.17, 15) is 0 Å². The second kappa shape index (κ2) is 5.82. The van der Waals surface area contributed by atoms with Crippen LogP contribution in [0.3, 0.4) is 0 Å². The van der Waals surface area contributed by atoms with E-state index in [0.717, 1.165) is 28.9 Å². The summed E-state index contributed by atoms with van der Waals surface area (Å²) in [5, 5.41) is 3.86. The first-order valence-corrected chi connectivity index (χ1v) is 6.27. The van der Waals surface area contributed by atoms with Crippen LogP contribution >= 0.6 is 15.9 Å². The molecule has 0 N–H and O–H groups in total. The summed E-state index contributed by atoms with van der Waals surface area (Å²) in [6.45, 7) is 2.37. The van der Waals surface area contributed by atoms with Crippen molar-refractivity contribution in [2.24, 2.45) is 0 Å². The van der Waals surface area contributed by atoms with Crippen molar-refractivity contribution < 1.29 is 9.26 Å². The van der Waals surface area contributed by atoms with Gasteiger partial charge in [-0.1, -0.05) is 24.2 Å². The Hall–Kier alpha value is -1.36. The van der Waals surface area contributed by atoms with Crippen LogP contribution < -0.4 is 4.74 Å². The molecular weight excluding hydrogens is 284 g/mol. The number of hydrogen-bond acceptors (Lipinski definition) is 4. The Morgan fingerprint density at radius 3 is 2.94 bits per heavy atom. The molecule has 0 unspecified atom stereocenters. The lowest BCUT2D eigenvalue weighted by molar-refractivity contribution is 0.241. The minimum atomic E-state index is 0.291. The number of para-hydroxylation sites is 1. The van der Waals surface area contributed by atoms with Gasteiger partial charge in [0.1, 0.15) is 5.75 Å². The molecule has 2 rings (SSSR count). The topological polar surface area (TPSA) is 48.2 Å². The first kappa shape index (κ1) is 12.1. The summed E-state index contributed by atoms with van der Waals surface area (Å²) < 4.78 is 11.6. The van der Waals surface area contributed by atoms with Crippen molar-refractivity contribution in [3.63, 3.8) is 0 Å². The van der Waals surface area contributed by atoms with Gasteiger partial charge in [-0.15, -0.1) is 0 Å². The summed E-state index contributed by atoms with van der Waals surface area (Å²) in [4.78, 5) is 4.23. The Kier molecular flexibility index (Phi) is 4.14. The molecule has 17 heavy (non-hydrogen) atoms. The third-order valence-corrected chi connectivity index (χ3v) is 2.83. The Morgan fingerprint density at radius 2 is 2.18 bits per heavy atom. The molecule has 90 valence electrons. The summed E-state index contributed by atoms with van der Waals surface area (Å²) in [6, 6.07) is 7.65. The number of ether oxygens (including phenoxy) is 1. The van der Waals surface area contributed by atoms with Gasteiger partial charge in [0.2, 0.25) is 0 Å². The molecule has 0 atom stereocenters. The fourth-order valence-electron chi connectivity index (χ4n) is 1.38. The molecule has 0 saturated heterocycles. The van der Waals surface area contributed by atoms with E-state index in [1.807, 2.05) is 24.3 Å². The number of nitrogens with zero attached hydrogens (tertiary/aromatic N) is 2. The summed E-state index contributed by atoms with van der Waals surface area (Å²) in [6.07, 6.45) is 1.84. The summed E-state index contributed by atoms with van der Waals surface area (Å²) in [7, 11) is 0. The monoisotopic (exact) mass is 296 g/mol. The lowest BCUT2D eigenvalue weighted by Gasteiger charge is -2.04. The fourth-order valence-corrected chi connectivity index (χ4v) is 1.77. The second-order valence-corrected chi connectivity index (χ2v) is 4.43. The molecule has 0 aliphatic carbocycles. The normalized spacial score (nSPS) is 10.5. The van der Waals surface area contributed by atoms with E-state index in [1.165, 1.54) is 0 Å². The molecule has 1 heterocycles. The second-order valence-electron chi connectivity index (χ2n) is 3.57. The molecule has 1 aromatic heterocycles. The predicted molar refractivity (Wildman–Crippen MR) is 66.8 cm³/mol. The lowest BCUT2D eigenvalue weighted by Crippen LogP contribution is -1.96. The highest BCUT2D eigenvalue weighted by Crippen LogP contribution is 2.24. The van der Waals surface area contributed by atoms with Crippen LogP contribution in [0.5, 0.6) is 5.75 Å². The van der Waals surface area contributed by atoms with Crippen LogP contribution in [0, 0.1) is 0 Å². The quantitative estimate of drug-likeness (QED) is 0.849. The van der Waals surface area contributed by atoms with Crippen LogP contribution in [0.25, 0.3) is 0 Å². The smallest absolute Gasteiger partial charge is 0.264 e. The maximum Gasteiger partial charge on any atom is 0.264 e. The van der Waals surface area contributed by atoms with Gasteiger partial charge in [-0.25, -0.2) is 0 Å². The minimum absolute atomic E-state index is 0.291. The van der Waals surface area contributed by atoms with Crippen molar-refractivity contribution in [1.29, 1.82) is 0 Å². The molecule has 0 aliphatic rings. The molecule has 0 bridgehead atoms. The summed E-state index contributed by atoms with van der Waals surface area (Å²) >= 11 is 3.41. The van der Waals surface area contributed by atoms with Gasteiger partial charge in [0.25, 0.3) is 5.89 Å². The maximum atomic E-state index is 5.57. The SMILES string of the molecule is CCCc1noc(COc2ccccc2Br)n1. The molecule has 0 spiro atoms. The number of aryl methyl sites for hydroxylation is 1. The van der Waals surface area contributed by atoms with Crippen LogP contribution in [-0.4, -0.2) is 10.1 Å². The highest BCUT2D eigenvalue weighted by molar-refractivity contribution is 9.10. The van der Waals surface area contributed by atoms with Gasteiger partial charge in [-0.2, -0.15) is 4.98 Å². The molecule has 0 amide bonds. The van der Waals surface area contributed by atoms with E-state index < -0.39 is 0 Å². The predicted octanol–water partition coefficient (Wildman–Crippen LogP) is 3.36.